The van der Waals surface area contributed by atoms with Crippen LogP contribution in [0.25, 0.3) is 55.0 Å². The van der Waals surface area contributed by atoms with Crippen LogP contribution in [0, 0.1) is 0 Å². The molecule has 88 heavy (non-hydrogen) atoms. The molecule has 0 saturated heterocycles. The number of hydrogen-bond acceptors (Lipinski definition) is 4. The largest absolute Gasteiger partial charge is 0.309 e. The molecule has 0 bridgehead atoms. The Morgan fingerprint density at radius 2 is 0.352 bits per heavy atom. The maximum Gasteiger partial charge on any atom is 0.171 e. The molecule has 0 amide bonds. The second kappa shape index (κ2) is 22.3. The van der Waals surface area contributed by atoms with Crippen LogP contribution < -0.4 is 63.7 Å². The molecule has 0 aliphatic heterocycles. The first kappa shape index (κ1) is 55.0. The molecule has 0 saturated carbocycles. The highest BCUT2D eigenvalue weighted by Gasteiger charge is 2.35. The third-order valence-electron chi connectivity index (χ3n) is 17.2. The summed E-state index contributed by atoms with van der Waals surface area (Å²) < 4.78 is 69.4. The van der Waals surface area contributed by atoms with E-state index in [2.05, 4.69) is 81.9 Å². The summed E-state index contributed by atoms with van der Waals surface area (Å²) in [5.74, 6) is 0. The molecular formula is C78H56N2O4P4. The van der Waals surface area contributed by atoms with Crippen molar-refractivity contribution < 1.29 is 18.3 Å². The minimum Gasteiger partial charge on any atom is -0.309 e. The van der Waals surface area contributed by atoms with Crippen molar-refractivity contribution in [2.24, 2.45) is 0 Å². The van der Waals surface area contributed by atoms with E-state index in [0.717, 1.165) is 97.4 Å². The minimum atomic E-state index is -3.45. The van der Waals surface area contributed by atoms with Crippen LogP contribution in [0.4, 0.5) is 0 Å². The second-order valence-corrected chi connectivity index (χ2v) is 33.2. The first-order chi connectivity index (χ1) is 43.2. The lowest BCUT2D eigenvalue weighted by Gasteiger charge is -2.20. The van der Waals surface area contributed by atoms with E-state index in [4.69, 9.17) is 0 Å². The van der Waals surface area contributed by atoms with Crippen molar-refractivity contribution in [3.8, 4) is 11.4 Å². The van der Waals surface area contributed by atoms with Crippen molar-refractivity contribution in [2.75, 3.05) is 0 Å². The molecule has 0 unspecified atom stereocenters. The Bertz CT molecular complexity index is 4500. The molecule has 10 heteroatoms. The zero-order valence-corrected chi connectivity index (χ0v) is 51.2. The molecule has 15 rings (SSSR count). The Morgan fingerprint density at radius 1 is 0.170 bits per heavy atom. The number of rotatable bonds is 14. The average molecular weight is 1210 g/mol. The predicted octanol–water partition coefficient (Wildman–Crippen LogP) is 14.4. The van der Waals surface area contributed by atoms with E-state index in [1.54, 1.807) is 0 Å². The summed E-state index contributed by atoms with van der Waals surface area (Å²) in [7, 11) is -13.8. The predicted molar refractivity (Wildman–Crippen MR) is 373 cm³/mol. The van der Waals surface area contributed by atoms with E-state index < -0.39 is 28.6 Å². The summed E-state index contributed by atoms with van der Waals surface area (Å²) in [5, 5.41) is 12.0. The van der Waals surface area contributed by atoms with Gasteiger partial charge in [0.2, 0.25) is 0 Å². The van der Waals surface area contributed by atoms with Crippen LogP contribution in [-0.2, 0) is 18.3 Å². The number of aromatic nitrogens is 2. The Balaban J connectivity index is 0.982. The number of fused-ring (bicyclic) bond motifs is 6. The van der Waals surface area contributed by atoms with E-state index in [0.29, 0.717) is 21.2 Å². The van der Waals surface area contributed by atoms with Gasteiger partial charge in [0.05, 0.1) is 22.1 Å². The van der Waals surface area contributed by atoms with Gasteiger partial charge in [-0.25, -0.2) is 0 Å². The van der Waals surface area contributed by atoms with Crippen LogP contribution in [0.15, 0.2) is 340 Å². The van der Waals surface area contributed by atoms with Crippen LogP contribution >= 0.6 is 28.6 Å². The van der Waals surface area contributed by atoms with E-state index in [1.165, 1.54) is 0 Å². The Hall–Kier alpha value is -9.62. The van der Waals surface area contributed by atoms with Gasteiger partial charge in [0, 0.05) is 96.6 Å². The maximum absolute atomic E-state index is 16.2. The van der Waals surface area contributed by atoms with Crippen molar-refractivity contribution in [3.05, 3.63) is 340 Å². The molecule has 6 nitrogen and oxygen atoms in total. The second-order valence-electron chi connectivity index (χ2n) is 22.1. The molecule has 2 heterocycles. The van der Waals surface area contributed by atoms with Gasteiger partial charge in [-0.3, -0.25) is 0 Å². The SMILES string of the molecule is O=P(c1ccccc1)(c1ccccc1)c1ccc2c(c1)c1cc(P(=O)(c3ccccc3)c3ccccc3)ccc1n2-c1cccc(-n2c3ccc(P(=O)(c4ccccc4)c4ccccc4)cc3c3cc(P(=O)(c4ccccc4)c4ccccc4)ccc32)c1. The van der Waals surface area contributed by atoms with Gasteiger partial charge >= 0.3 is 0 Å². The molecular weight excluding hydrogens is 1150 g/mol. The molecule has 0 radical (unpaired) electrons. The smallest absolute Gasteiger partial charge is 0.171 e. The Kier molecular flexibility index (Phi) is 13.9. The summed E-state index contributed by atoms with van der Waals surface area (Å²) in [5.41, 5.74) is 5.23. The zero-order valence-electron chi connectivity index (χ0n) is 47.6. The topological polar surface area (TPSA) is 78.1 Å². The first-order valence-corrected chi connectivity index (χ1v) is 36.1. The fourth-order valence-electron chi connectivity index (χ4n) is 13.0. The van der Waals surface area contributed by atoms with Crippen molar-refractivity contribution in [1.29, 1.82) is 0 Å². The highest BCUT2D eigenvalue weighted by molar-refractivity contribution is 7.86. The molecule has 0 N–H and O–H groups in total. The summed E-state index contributed by atoms with van der Waals surface area (Å²) in [6, 6.07) is 111. The number of nitrogens with zero attached hydrogens (tertiary/aromatic N) is 2. The van der Waals surface area contributed by atoms with Gasteiger partial charge in [0.15, 0.2) is 28.6 Å². The van der Waals surface area contributed by atoms with Gasteiger partial charge in [-0.1, -0.05) is 249 Å². The zero-order chi connectivity index (χ0) is 59.5. The quantitative estimate of drug-likeness (QED) is 0.102. The third-order valence-corrected chi connectivity index (χ3v) is 29.4. The molecule has 13 aromatic carbocycles. The van der Waals surface area contributed by atoms with Crippen LogP contribution in [0.1, 0.15) is 0 Å². The van der Waals surface area contributed by atoms with E-state index in [9.17, 15) is 0 Å². The fraction of sp³-hybridized carbons (Fsp3) is 0. The highest BCUT2D eigenvalue weighted by Crippen LogP contribution is 2.49. The Morgan fingerprint density at radius 3 is 0.534 bits per heavy atom. The van der Waals surface area contributed by atoms with Crippen LogP contribution in [0.2, 0.25) is 0 Å². The van der Waals surface area contributed by atoms with Gasteiger partial charge in [-0.2, -0.15) is 0 Å². The monoisotopic (exact) mass is 1210 g/mol. The van der Waals surface area contributed by atoms with Crippen molar-refractivity contribution in [1.82, 2.24) is 9.13 Å². The van der Waals surface area contributed by atoms with E-state index in [-0.39, 0.29) is 0 Å². The third kappa shape index (κ3) is 8.94. The van der Waals surface area contributed by atoms with Crippen LogP contribution in [-0.4, -0.2) is 9.13 Å². The summed E-state index contributed by atoms with van der Waals surface area (Å²) in [4.78, 5) is 0. The number of hydrogen-bond donors (Lipinski definition) is 0. The van der Waals surface area contributed by atoms with Crippen molar-refractivity contribution >= 4 is 136 Å². The van der Waals surface area contributed by atoms with Gasteiger partial charge < -0.3 is 27.4 Å². The lowest BCUT2D eigenvalue weighted by Crippen LogP contribution is -2.25. The number of benzene rings is 13. The Labute approximate surface area is 511 Å². The summed E-state index contributed by atoms with van der Waals surface area (Å²) in [6.45, 7) is 0. The van der Waals surface area contributed by atoms with Crippen LogP contribution in [0.5, 0.6) is 0 Å². The molecule has 0 aliphatic rings. The average Bonchev–Trinajstić information content (AvgIpc) is 2.19. The highest BCUT2D eigenvalue weighted by atomic mass is 31.2. The van der Waals surface area contributed by atoms with Crippen molar-refractivity contribution in [3.63, 3.8) is 0 Å². The molecule has 0 atom stereocenters. The van der Waals surface area contributed by atoms with E-state index in [1.807, 2.05) is 267 Å². The summed E-state index contributed by atoms with van der Waals surface area (Å²) in [6.07, 6.45) is 0. The standard InChI is InChI=1S/C78H56N2O4P4/c81-85(59-28-9-1-10-29-59,60-30-11-2-12-31-60)67-44-48-75-71(53-67)72-54-68(86(82,61-32-13-3-14-33-61)62-34-15-4-16-35-62)45-49-76(72)79(75)57-26-25-27-58(52-57)80-77-50-46-69(87(83,63-36-17-5-18-37-63)64-38-19-6-20-39-64)55-73(77)74-56-70(47-51-78(74)80)88(84,65-40-21-7-22-41-65)66-42-23-8-24-43-66/h1-56H. The first-order valence-electron chi connectivity index (χ1n) is 29.3. The molecule has 2 aromatic heterocycles. The normalized spacial score (nSPS) is 12.3. The summed E-state index contributed by atoms with van der Waals surface area (Å²) >= 11 is 0. The molecule has 422 valence electrons. The van der Waals surface area contributed by atoms with Gasteiger partial charge in [0.25, 0.3) is 0 Å². The van der Waals surface area contributed by atoms with Crippen LogP contribution in [0.3, 0.4) is 0 Å². The van der Waals surface area contributed by atoms with Crippen molar-refractivity contribution in [2.45, 2.75) is 0 Å². The fourth-order valence-corrected chi connectivity index (χ4v) is 23.7. The van der Waals surface area contributed by atoms with Gasteiger partial charge in [-0.05, 0) is 91.0 Å². The lowest BCUT2D eigenvalue weighted by molar-refractivity contribution is 0.591. The van der Waals surface area contributed by atoms with Gasteiger partial charge in [-0.15, -0.1) is 0 Å². The van der Waals surface area contributed by atoms with Gasteiger partial charge in [0.1, 0.15) is 0 Å². The molecule has 0 spiro atoms. The molecule has 0 aliphatic carbocycles. The molecule has 15 aromatic rings. The van der Waals surface area contributed by atoms with E-state index >= 15 is 18.3 Å². The minimum absolute atomic E-state index is 0.682. The molecule has 0 fully saturated rings. The lowest BCUT2D eigenvalue weighted by atomic mass is 10.1. The maximum atomic E-state index is 16.2.